The Kier molecular flexibility index (Phi) is 9.66. The molecule has 1 aliphatic rings. The highest BCUT2D eigenvalue weighted by Gasteiger charge is 2.27. The first-order valence-corrected chi connectivity index (χ1v) is 13.7. The molecule has 2 N–H and O–H groups in total. The van der Waals surface area contributed by atoms with Crippen molar-refractivity contribution in [2.45, 2.75) is 56.8 Å². The summed E-state index contributed by atoms with van der Waals surface area (Å²) in [5.41, 5.74) is 3.10. The number of carbonyl (C=O) groups is 4. The van der Waals surface area contributed by atoms with Gasteiger partial charge in [-0.2, -0.15) is 0 Å². The lowest BCUT2D eigenvalue weighted by molar-refractivity contribution is -0.136. The van der Waals surface area contributed by atoms with Crippen LogP contribution in [-0.4, -0.2) is 35.1 Å². The third-order valence-corrected chi connectivity index (χ3v) is 7.68. The van der Waals surface area contributed by atoms with Crippen LogP contribution in [0.3, 0.4) is 0 Å². The summed E-state index contributed by atoms with van der Waals surface area (Å²) in [6.07, 6.45) is 5.86. The van der Waals surface area contributed by atoms with Gasteiger partial charge in [0.1, 0.15) is 0 Å². The summed E-state index contributed by atoms with van der Waals surface area (Å²) in [6, 6.07) is 21.1. The van der Waals surface area contributed by atoms with Crippen LogP contribution in [0.5, 0.6) is 0 Å². The predicted molar refractivity (Wildman–Crippen MR) is 151 cm³/mol. The van der Waals surface area contributed by atoms with Gasteiger partial charge >= 0.3 is 5.97 Å². The molecular formula is C32H32ClNO5. The Bertz CT molecular complexity index is 1330. The molecule has 3 aromatic carbocycles. The molecule has 1 aliphatic carbocycles. The van der Waals surface area contributed by atoms with Crippen LogP contribution >= 0.6 is 11.6 Å². The molecule has 0 radical (unpaired) electrons. The zero-order valence-electron chi connectivity index (χ0n) is 21.7. The number of hydrogen-bond donors (Lipinski definition) is 2. The maximum atomic E-state index is 13.8. The van der Waals surface area contributed by atoms with Gasteiger partial charge in [-0.3, -0.25) is 19.2 Å². The molecule has 1 atom stereocenters. The first kappa shape index (κ1) is 28.2. The number of rotatable bonds is 11. The van der Waals surface area contributed by atoms with Crippen LogP contribution in [0.15, 0.2) is 72.8 Å². The minimum atomic E-state index is -1.000. The maximum Gasteiger partial charge on any atom is 0.305 e. The van der Waals surface area contributed by atoms with E-state index < -0.39 is 17.8 Å². The normalized spacial score (nSPS) is 14.4. The van der Waals surface area contributed by atoms with E-state index in [-0.39, 0.29) is 31.0 Å². The van der Waals surface area contributed by atoms with Crippen LogP contribution in [0.4, 0.5) is 0 Å². The van der Waals surface area contributed by atoms with E-state index in [1.54, 1.807) is 36.4 Å². The van der Waals surface area contributed by atoms with Gasteiger partial charge < -0.3 is 10.4 Å². The second-order valence-corrected chi connectivity index (χ2v) is 10.4. The van der Waals surface area contributed by atoms with Gasteiger partial charge in [0.2, 0.25) is 0 Å². The van der Waals surface area contributed by atoms with E-state index in [9.17, 15) is 19.2 Å². The molecule has 4 rings (SSSR count). The van der Waals surface area contributed by atoms with Crippen molar-refractivity contribution in [2.75, 3.05) is 6.54 Å². The second kappa shape index (κ2) is 13.3. The summed E-state index contributed by atoms with van der Waals surface area (Å²) in [7, 11) is 0. The number of carboxylic acid groups (broad SMARTS) is 1. The Morgan fingerprint density at radius 3 is 2.13 bits per heavy atom. The number of nitrogens with one attached hydrogen (secondary N) is 1. The molecule has 7 heteroatoms. The van der Waals surface area contributed by atoms with Crippen molar-refractivity contribution in [3.63, 3.8) is 0 Å². The van der Waals surface area contributed by atoms with E-state index in [0.29, 0.717) is 27.6 Å². The van der Waals surface area contributed by atoms with Gasteiger partial charge in [-0.1, -0.05) is 79.4 Å². The van der Waals surface area contributed by atoms with Crippen LogP contribution < -0.4 is 5.32 Å². The highest BCUT2D eigenvalue weighted by molar-refractivity contribution is 6.34. The molecular weight excluding hydrogens is 514 g/mol. The fourth-order valence-corrected chi connectivity index (χ4v) is 5.39. The summed E-state index contributed by atoms with van der Waals surface area (Å²) in [5, 5.41) is 11.6. The Morgan fingerprint density at radius 1 is 0.846 bits per heavy atom. The molecule has 0 aliphatic heterocycles. The lowest BCUT2D eigenvalue weighted by Gasteiger charge is -2.23. The van der Waals surface area contributed by atoms with E-state index in [0.717, 1.165) is 5.56 Å². The molecule has 1 fully saturated rings. The van der Waals surface area contributed by atoms with E-state index in [4.69, 9.17) is 16.7 Å². The molecule has 0 bridgehead atoms. The number of hydrogen-bond acceptors (Lipinski definition) is 4. The van der Waals surface area contributed by atoms with Crippen molar-refractivity contribution in [1.29, 1.82) is 0 Å². The van der Waals surface area contributed by atoms with Crippen LogP contribution in [0, 0.1) is 0 Å². The molecule has 1 amide bonds. The Hall–Kier alpha value is -3.77. The number of halogens is 1. The quantitative estimate of drug-likeness (QED) is 0.257. The van der Waals surface area contributed by atoms with Crippen molar-refractivity contribution in [2.24, 2.45) is 0 Å². The SMILES string of the molecule is O=C(O)CCNC(=O)c1ccc(C(=O)C(CC(=O)c2ccccc2Cl)c2ccc(C3CCCCC3)cc2)cc1. The third kappa shape index (κ3) is 7.42. The molecule has 0 heterocycles. The van der Waals surface area contributed by atoms with Gasteiger partial charge in [0.25, 0.3) is 5.91 Å². The van der Waals surface area contributed by atoms with Crippen LogP contribution in [0.25, 0.3) is 0 Å². The molecule has 0 spiro atoms. The Balaban J connectivity index is 1.56. The number of amides is 1. The zero-order chi connectivity index (χ0) is 27.8. The molecule has 0 aromatic heterocycles. The topological polar surface area (TPSA) is 101 Å². The number of carboxylic acids is 1. The summed E-state index contributed by atoms with van der Waals surface area (Å²) < 4.78 is 0. The van der Waals surface area contributed by atoms with E-state index in [1.807, 2.05) is 12.1 Å². The Labute approximate surface area is 233 Å². The second-order valence-electron chi connectivity index (χ2n) is 10.0. The van der Waals surface area contributed by atoms with E-state index in [1.165, 1.54) is 49.8 Å². The lowest BCUT2D eigenvalue weighted by atomic mass is 9.81. The fraction of sp³-hybridized carbons (Fsp3) is 0.312. The van der Waals surface area contributed by atoms with Crippen LogP contribution in [0.1, 0.15) is 99.0 Å². The van der Waals surface area contributed by atoms with Crippen molar-refractivity contribution < 1.29 is 24.3 Å². The number of benzene rings is 3. The number of carbonyl (C=O) groups excluding carboxylic acids is 3. The third-order valence-electron chi connectivity index (χ3n) is 7.35. The first-order chi connectivity index (χ1) is 18.8. The minimum absolute atomic E-state index is 0.0118. The molecule has 202 valence electrons. The van der Waals surface area contributed by atoms with Gasteiger partial charge in [-0.15, -0.1) is 0 Å². The highest BCUT2D eigenvalue weighted by Crippen LogP contribution is 2.34. The van der Waals surface area contributed by atoms with E-state index >= 15 is 0 Å². The molecule has 6 nitrogen and oxygen atoms in total. The monoisotopic (exact) mass is 545 g/mol. The largest absolute Gasteiger partial charge is 0.481 e. The molecule has 1 unspecified atom stereocenters. The summed E-state index contributed by atoms with van der Waals surface area (Å²) in [4.78, 5) is 50.0. The van der Waals surface area contributed by atoms with Crippen molar-refractivity contribution in [3.8, 4) is 0 Å². The lowest BCUT2D eigenvalue weighted by Crippen LogP contribution is -2.26. The van der Waals surface area contributed by atoms with Crippen LogP contribution in [0.2, 0.25) is 5.02 Å². The van der Waals surface area contributed by atoms with Crippen molar-refractivity contribution in [1.82, 2.24) is 5.32 Å². The number of ketones is 2. The minimum Gasteiger partial charge on any atom is -0.481 e. The summed E-state index contributed by atoms with van der Waals surface area (Å²) >= 11 is 6.28. The molecule has 3 aromatic rings. The number of aliphatic carboxylic acids is 1. The highest BCUT2D eigenvalue weighted by atomic mass is 35.5. The summed E-state index contributed by atoms with van der Waals surface area (Å²) in [5.74, 6) is -2.05. The molecule has 0 saturated heterocycles. The smallest absolute Gasteiger partial charge is 0.305 e. The van der Waals surface area contributed by atoms with Crippen molar-refractivity contribution in [3.05, 3.63) is 106 Å². The average molecular weight is 546 g/mol. The molecule has 1 saturated carbocycles. The van der Waals surface area contributed by atoms with Gasteiger partial charge in [0, 0.05) is 29.7 Å². The van der Waals surface area contributed by atoms with Crippen LogP contribution in [-0.2, 0) is 4.79 Å². The van der Waals surface area contributed by atoms with Gasteiger partial charge in [-0.25, -0.2) is 0 Å². The zero-order valence-corrected chi connectivity index (χ0v) is 22.5. The first-order valence-electron chi connectivity index (χ1n) is 13.4. The molecule has 39 heavy (non-hydrogen) atoms. The standard InChI is InChI=1S/C32H32ClNO5/c33-28-9-5-4-8-26(28)29(35)20-27(23-12-10-22(11-13-23)21-6-2-1-3-7-21)31(38)24-14-16-25(17-15-24)32(39)34-19-18-30(36)37/h4-5,8-17,21,27H,1-3,6-7,18-20H2,(H,34,39)(H,36,37). The van der Waals surface area contributed by atoms with Gasteiger partial charge in [0.15, 0.2) is 11.6 Å². The average Bonchev–Trinajstić information content (AvgIpc) is 2.96. The maximum absolute atomic E-state index is 13.8. The van der Waals surface area contributed by atoms with Crippen molar-refractivity contribution >= 4 is 35.0 Å². The summed E-state index contributed by atoms with van der Waals surface area (Å²) in [6.45, 7) is 0.0118. The van der Waals surface area contributed by atoms with Gasteiger partial charge in [-0.05, 0) is 54.2 Å². The fourth-order valence-electron chi connectivity index (χ4n) is 5.15. The Morgan fingerprint density at radius 2 is 1.49 bits per heavy atom. The van der Waals surface area contributed by atoms with E-state index in [2.05, 4.69) is 17.4 Å². The predicted octanol–water partition coefficient (Wildman–Crippen LogP) is 6.83. The number of Topliss-reactive ketones (excluding diaryl/α,β-unsaturated/α-hetero) is 2. The van der Waals surface area contributed by atoms with Gasteiger partial charge in [0.05, 0.1) is 17.4 Å².